The van der Waals surface area contributed by atoms with Crippen LogP contribution in [0.2, 0.25) is 5.02 Å². The van der Waals surface area contributed by atoms with Crippen LogP contribution in [0.4, 0.5) is 5.69 Å². The number of nitrogens with zero attached hydrogens (tertiary/aromatic N) is 1. The summed E-state index contributed by atoms with van der Waals surface area (Å²) >= 11 is 9.16. The Bertz CT molecular complexity index is 401. The Labute approximate surface area is 96.1 Å². The van der Waals surface area contributed by atoms with E-state index in [0.717, 1.165) is 0 Å². The highest BCUT2D eigenvalue weighted by atomic mass is 79.9. The summed E-state index contributed by atoms with van der Waals surface area (Å²) in [5.41, 5.74) is 1.17. The summed E-state index contributed by atoms with van der Waals surface area (Å²) in [5, 5.41) is 0.551. The SMILES string of the molecule is CC=Nc1cc(Cl)c(Br)cc1C(C)=O. The quantitative estimate of drug-likeness (QED) is 0.591. The van der Waals surface area contributed by atoms with Crippen LogP contribution in [0.1, 0.15) is 24.2 Å². The van der Waals surface area contributed by atoms with Crippen LogP contribution in [0.5, 0.6) is 0 Å². The van der Waals surface area contributed by atoms with E-state index in [1.165, 1.54) is 6.92 Å². The van der Waals surface area contributed by atoms with Crippen molar-refractivity contribution < 1.29 is 4.79 Å². The molecule has 0 heterocycles. The summed E-state index contributed by atoms with van der Waals surface area (Å²) in [7, 11) is 0. The molecule has 0 aliphatic heterocycles. The van der Waals surface area contributed by atoms with Gasteiger partial charge in [0.1, 0.15) is 0 Å². The number of benzene rings is 1. The largest absolute Gasteiger partial charge is 0.294 e. The zero-order chi connectivity index (χ0) is 10.7. The Balaban J connectivity index is 3.38. The molecule has 4 heteroatoms. The van der Waals surface area contributed by atoms with Crippen LogP contribution in [0.25, 0.3) is 0 Å². The van der Waals surface area contributed by atoms with Crippen molar-refractivity contribution in [2.24, 2.45) is 4.99 Å². The molecule has 0 amide bonds. The second-order valence-electron chi connectivity index (χ2n) is 2.73. The molecule has 0 saturated carbocycles. The number of hydrogen-bond donors (Lipinski definition) is 0. The highest BCUT2D eigenvalue weighted by molar-refractivity contribution is 9.10. The molecule has 0 aliphatic carbocycles. The van der Waals surface area contributed by atoms with Gasteiger partial charge >= 0.3 is 0 Å². The van der Waals surface area contributed by atoms with Crippen LogP contribution in [0, 0.1) is 0 Å². The summed E-state index contributed by atoms with van der Waals surface area (Å²) < 4.78 is 0.708. The lowest BCUT2D eigenvalue weighted by Gasteiger charge is -2.04. The maximum absolute atomic E-state index is 11.3. The van der Waals surface area contributed by atoms with Crippen molar-refractivity contribution in [3.63, 3.8) is 0 Å². The van der Waals surface area contributed by atoms with E-state index in [4.69, 9.17) is 11.6 Å². The van der Waals surface area contributed by atoms with E-state index in [1.54, 1.807) is 25.3 Å². The standard InChI is InChI=1S/C10H9BrClNO/c1-3-13-10-5-9(12)8(11)4-7(10)6(2)14/h3-5H,1-2H3. The topological polar surface area (TPSA) is 29.4 Å². The van der Waals surface area contributed by atoms with Gasteiger partial charge in [0.2, 0.25) is 0 Å². The number of Topliss-reactive ketones (excluding diaryl/α,β-unsaturated/α-hetero) is 1. The zero-order valence-electron chi connectivity index (χ0n) is 7.84. The van der Waals surface area contributed by atoms with Crippen molar-refractivity contribution in [1.82, 2.24) is 0 Å². The van der Waals surface area contributed by atoms with Gasteiger partial charge in [0, 0.05) is 16.3 Å². The van der Waals surface area contributed by atoms with Crippen molar-refractivity contribution in [3.05, 3.63) is 27.2 Å². The van der Waals surface area contributed by atoms with Crippen LogP contribution in [0.15, 0.2) is 21.6 Å². The molecular weight excluding hydrogens is 265 g/mol. The molecule has 0 saturated heterocycles. The van der Waals surface area contributed by atoms with Gasteiger partial charge in [0.15, 0.2) is 5.78 Å². The molecule has 0 bridgehead atoms. The summed E-state index contributed by atoms with van der Waals surface area (Å²) in [4.78, 5) is 15.3. The second-order valence-corrected chi connectivity index (χ2v) is 3.99. The lowest BCUT2D eigenvalue weighted by Crippen LogP contribution is -1.93. The zero-order valence-corrected chi connectivity index (χ0v) is 10.2. The van der Waals surface area contributed by atoms with Crippen LogP contribution >= 0.6 is 27.5 Å². The molecule has 2 nitrogen and oxygen atoms in total. The predicted molar refractivity (Wildman–Crippen MR) is 63.0 cm³/mol. The Morgan fingerprint density at radius 2 is 2.21 bits per heavy atom. The number of aliphatic imine (C=N–C) groups is 1. The van der Waals surface area contributed by atoms with E-state index in [9.17, 15) is 4.79 Å². The summed E-state index contributed by atoms with van der Waals surface area (Å²) in [6.07, 6.45) is 1.63. The third-order valence-electron chi connectivity index (χ3n) is 1.69. The van der Waals surface area contributed by atoms with Gasteiger partial charge in [-0.3, -0.25) is 9.79 Å². The molecule has 0 aliphatic rings. The molecule has 1 rings (SSSR count). The van der Waals surface area contributed by atoms with E-state index in [1.807, 2.05) is 0 Å². The molecule has 0 radical (unpaired) electrons. The summed E-state index contributed by atoms with van der Waals surface area (Å²) in [5.74, 6) is -0.0250. The fourth-order valence-electron chi connectivity index (χ4n) is 1.06. The predicted octanol–water partition coefficient (Wildman–Crippen LogP) is 4.03. The van der Waals surface area contributed by atoms with Crippen molar-refractivity contribution in [2.45, 2.75) is 13.8 Å². The second kappa shape index (κ2) is 4.71. The lowest BCUT2D eigenvalue weighted by molar-refractivity contribution is 0.101. The Morgan fingerprint density at radius 1 is 1.57 bits per heavy atom. The molecule has 0 N–H and O–H groups in total. The van der Waals surface area contributed by atoms with Crippen LogP contribution in [-0.2, 0) is 0 Å². The number of hydrogen-bond acceptors (Lipinski definition) is 2. The summed E-state index contributed by atoms with van der Waals surface area (Å²) in [6.45, 7) is 3.30. The van der Waals surface area contributed by atoms with E-state index in [2.05, 4.69) is 20.9 Å². The first-order valence-electron chi connectivity index (χ1n) is 4.05. The number of halogens is 2. The maximum atomic E-state index is 11.3. The fourth-order valence-corrected chi connectivity index (χ4v) is 1.57. The van der Waals surface area contributed by atoms with E-state index in [-0.39, 0.29) is 5.78 Å². The normalized spacial score (nSPS) is 10.9. The van der Waals surface area contributed by atoms with E-state index in [0.29, 0.717) is 20.7 Å². The van der Waals surface area contributed by atoms with Gasteiger partial charge in [-0.05, 0) is 41.9 Å². The van der Waals surface area contributed by atoms with Gasteiger partial charge in [-0.25, -0.2) is 0 Å². The van der Waals surface area contributed by atoms with Gasteiger partial charge in [-0.15, -0.1) is 0 Å². The minimum absolute atomic E-state index is 0.0250. The van der Waals surface area contributed by atoms with Gasteiger partial charge in [0.25, 0.3) is 0 Å². The van der Waals surface area contributed by atoms with Crippen molar-refractivity contribution in [2.75, 3.05) is 0 Å². The molecule has 0 spiro atoms. The molecule has 1 aromatic rings. The highest BCUT2D eigenvalue weighted by Gasteiger charge is 2.09. The molecule has 0 unspecified atom stereocenters. The first kappa shape index (κ1) is 11.4. The smallest absolute Gasteiger partial charge is 0.162 e. The number of ketones is 1. The minimum atomic E-state index is -0.0250. The molecule has 1 aromatic carbocycles. The average molecular weight is 275 g/mol. The van der Waals surface area contributed by atoms with Crippen molar-refractivity contribution in [3.8, 4) is 0 Å². The Hall–Kier alpha value is -0.670. The van der Waals surface area contributed by atoms with Crippen LogP contribution in [0.3, 0.4) is 0 Å². The number of carbonyl (C=O) groups excluding carboxylic acids is 1. The molecule has 0 atom stereocenters. The fraction of sp³-hybridized carbons (Fsp3) is 0.200. The Morgan fingerprint density at radius 3 is 2.71 bits per heavy atom. The maximum Gasteiger partial charge on any atom is 0.162 e. The van der Waals surface area contributed by atoms with Crippen molar-refractivity contribution >= 4 is 45.2 Å². The molecular formula is C10H9BrClNO. The van der Waals surface area contributed by atoms with Gasteiger partial charge in [-0.2, -0.15) is 0 Å². The Kier molecular flexibility index (Phi) is 3.84. The first-order valence-corrected chi connectivity index (χ1v) is 5.22. The summed E-state index contributed by atoms with van der Waals surface area (Å²) in [6, 6.07) is 3.36. The minimum Gasteiger partial charge on any atom is -0.294 e. The molecule has 0 aromatic heterocycles. The van der Waals surface area contributed by atoms with Gasteiger partial charge < -0.3 is 0 Å². The molecule has 74 valence electrons. The first-order chi connectivity index (χ1) is 6.56. The van der Waals surface area contributed by atoms with Gasteiger partial charge in [-0.1, -0.05) is 11.6 Å². The molecule has 0 fully saturated rings. The lowest BCUT2D eigenvalue weighted by atomic mass is 10.1. The molecule has 14 heavy (non-hydrogen) atoms. The van der Waals surface area contributed by atoms with E-state index >= 15 is 0 Å². The monoisotopic (exact) mass is 273 g/mol. The highest BCUT2D eigenvalue weighted by Crippen LogP contribution is 2.31. The number of rotatable bonds is 2. The van der Waals surface area contributed by atoms with Crippen LogP contribution in [-0.4, -0.2) is 12.0 Å². The van der Waals surface area contributed by atoms with E-state index < -0.39 is 0 Å². The van der Waals surface area contributed by atoms with Gasteiger partial charge in [0.05, 0.1) is 10.7 Å². The van der Waals surface area contributed by atoms with Crippen LogP contribution < -0.4 is 0 Å². The third-order valence-corrected chi connectivity index (χ3v) is 2.88. The third kappa shape index (κ3) is 2.42. The number of carbonyl (C=O) groups is 1. The average Bonchev–Trinajstić information content (AvgIpc) is 2.11. The van der Waals surface area contributed by atoms with Crippen molar-refractivity contribution in [1.29, 1.82) is 0 Å².